The molecule has 0 spiro atoms. The van der Waals surface area contributed by atoms with Gasteiger partial charge < -0.3 is 19.4 Å². The quantitative estimate of drug-likeness (QED) is 0.559. The van der Waals surface area contributed by atoms with Crippen LogP contribution in [0.3, 0.4) is 0 Å². The zero-order valence-electron chi connectivity index (χ0n) is 16.5. The third kappa shape index (κ3) is 3.86. The molecule has 2 heterocycles. The van der Waals surface area contributed by atoms with Gasteiger partial charge in [-0.2, -0.15) is 0 Å². The van der Waals surface area contributed by atoms with Crippen LogP contribution in [0.15, 0.2) is 60.7 Å². The van der Waals surface area contributed by atoms with E-state index in [-0.39, 0.29) is 4.48 Å². The van der Waals surface area contributed by atoms with Gasteiger partial charge in [0, 0.05) is 23.1 Å². The van der Waals surface area contributed by atoms with Crippen molar-refractivity contribution in [1.82, 2.24) is 0 Å². The number of hydrogen-bond donors (Lipinski definition) is 2. The Labute approximate surface area is 174 Å². The number of fused-ring (bicyclic) bond motifs is 2. The predicted octanol–water partition coefficient (Wildman–Crippen LogP) is 4.04. The van der Waals surface area contributed by atoms with E-state index >= 15 is 0 Å². The number of carbonyl (C=O) groups is 2. The maximum Gasteiger partial charge on any atom is 0.363 e. The Balaban J connectivity index is 1.82. The van der Waals surface area contributed by atoms with E-state index in [2.05, 4.69) is 0 Å². The van der Waals surface area contributed by atoms with E-state index < -0.39 is 24.4 Å². The van der Waals surface area contributed by atoms with Crippen molar-refractivity contribution in [2.24, 2.45) is 0 Å². The molecule has 0 amide bonds. The van der Waals surface area contributed by atoms with E-state index in [0.29, 0.717) is 31.8 Å². The van der Waals surface area contributed by atoms with Crippen LogP contribution in [0.4, 0.5) is 0 Å². The van der Waals surface area contributed by atoms with Gasteiger partial charge >= 0.3 is 11.9 Å². The molecule has 6 heteroatoms. The molecule has 0 fully saturated rings. The van der Waals surface area contributed by atoms with Crippen LogP contribution >= 0.6 is 0 Å². The predicted molar refractivity (Wildman–Crippen MR) is 113 cm³/mol. The van der Waals surface area contributed by atoms with E-state index in [9.17, 15) is 19.8 Å². The van der Waals surface area contributed by atoms with Crippen molar-refractivity contribution in [1.29, 1.82) is 0 Å². The normalized spacial score (nSPS) is 20.7. The highest BCUT2D eigenvalue weighted by Gasteiger charge is 2.44. The molecule has 2 unspecified atom stereocenters. The first-order valence-electron chi connectivity index (χ1n) is 10.0. The van der Waals surface area contributed by atoms with Gasteiger partial charge in [-0.3, -0.25) is 4.79 Å². The van der Waals surface area contributed by atoms with Gasteiger partial charge in [0.05, 0.1) is 13.1 Å². The first kappa shape index (κ1) is 19.9. The van der Waals surface area contributed by atoms with Crippen LogP contribution in [-0.2, 0) is 9.59 Å². The summed E-state index contributed by atoms with van der Waals surface area (Å²) in [7, 11) is 0. The standard InChI is InChI=1S/C24H23NO5/c26-23(27)15-20(24(28)29)25(12-6-1-7-13-25)16-18-14-17-8-2-4-10-21(17)30-22-11-5-3-9-19(18)22/h1-6,8-11,14,20H,7,12-13,15-16H2,(H-,26,27,28,29)/p+1. The van der Waals surface area contributed by atoms with Crippen molar-refractivity contribution < 1.29 is 29.0 Å². The van der Waals surface area contributed by atoms with E-state index in [0.717, 1.165) is 22.4 Å². The molecule has 4 rings (SSSR count). The van der Waals surface area contributed by atoms with Crippen LogP contribution < -0.4 is 4.74 Å². The minimum atomic E-state index is -1.10. The summed E-state index contributed by atoms with van der Waals surface area (Å²) in [5, 5.41) is 19.3. The second-order valence-electron chi connectivity index (χ2n) is 7.80. The van der Waals surface area contributed by atoms with Crippen molar-refractivity contribution >= 4 is 23.6 Å². The van der Waals surface area contributed by atoms with Crippen molar-refractivity contribution in [3.8, 4) is 11.5 Å². The first-order valence-corrected chi connectivity index (χ1v) is 10.0. The summed E-state index contributed by atoms with van der Waals surface area (Å²) in [5.41, 5.74) is 2.77. The molecule has 2 atom stereocenters. The number of nitrogens with zero attached hydrogens (tertiary/aromatic N) is 1. The fourth-order valence-corrected chi connectivity index (χ4v) is 4.41. The monoisotopic (exact) mass is 406 g/mol. The van der Waals surface area contributed by atoms with Crippen molar-refractivity contribution in [3.05, 3.63) is 71.8 Å². The summed E-state index contributed by atoms with van der Waals surface area (Å²) in [4.78, 5) is 23.6. The topological polar surface area (TPSA) is 83.8 Å². The number of ether oxygens (including phenoxy) is 1. The van der Waals surface area contributed by atoms with Crippen LogP contribution in [-0.4, -0.2) is 52.3 Å². The molecule has 2 aromatic rings. The zero-order chi connectivity index (χ0) is 21.1. The van der Waals surface area contributed by atoms with E-state index in [1.165, 1.54) is 0 Å². The molecule has 0 bridgehead atoms. The van der Waals surface area contributed by atoms with Crippen molar-refractivity contribution in [2.75, 3.05) is 19.6 Å². The summed E-state index contributed by atoms with van der Waals surface area (Å²) >= 11 is 0. The number of carboxylic acid groups (broad SMARTS) is 2. The maximum absolute atomic E-state index is 12.1. The number of para-hydroxylation sites is 2. The van der Waals surface area contributed by atoms with Crippen molar-refractivity contribution in [3.63, 3.8) is 0 Å². The second-order valence-corrected chi connectivity index (χ2v) is 7.80. The Morgan fingerprint density at radius 2 is 1.73 bits per heavy atom. The average Bonchev–Trinajstić information content (AvgIpc) is 2.89. The number of rotatable bonds is 6. The summed E-state index contributed by atoms with van der Waals surface area (Å²) in [6.45, 7) is 1.46. The average molecular weight is 406 g/mol. The molecular formula is C24H24NO5+. The van der Waals surface area contributed by atoms with Crippen LogP contribution in [0.1, 0.15) is 24.0 Å². The molecule has 6 nitrogen and oxygen atoms in total. The third-order valence-corrected chi connectivity index (χ3v) is 5.88. The SMILES string of the molecule is O=C(O)CC(C(=O)O)[N+]1(CC2=Cc3ccccc3Oc3ccccc32)CC=CCC1. The van der Waals surface area contributed by atoms with Gasteiger partial charge in [0.2, 0.25) is 0 Å². The fourth-order valence-electron chi connectivity index (χ4n) is 4.41. The number of aliphatic carboxylic acids is 2. The van der Waals surface area contributed by atoms with Crippen LogP contribution in [0, 0.1) is 0 Å². The molecule has 2 N–H and O–H groups in total. The smallest absolute Gasteiger partial charge is 0.363 e. The lowest BCUT2D eigenvalue weighted by molar-refractivity contribution is -0.932. The van der Waals surface area contributed by atoms with Gasteiger partial charge in [0.1, 0.15) is 24.5 Å². The lowest BCUT2D eigenvalue weighted by Crippen LogP contribution is -2.61. The summed E-state index contributed by atoms with van der Waals surface area (Å²) in [5.74, 6) is -0.722. The summed E-state index contributed by atoms with van der Waals surface area (Å²) in [6.07, 6.45) is 6.34. The molecule has 154 valence electrons. The minimum absolute atomic E-state index is 0.167. The van der Waals surface area contributed by atoms with E-state index in [1.807, 2.05) is 66.8 Å². The van der Waals surface area contributed by atoms with Crippen LogP contribution in [0.5, 0.6) is 11.5 Å². The highest BCUT2D eigenvalue weighted by atomic mass is 16.5. The molecule has 0 saturated carbocycles. The van der Waals surface area contributed by atoms with Gasteiger partial charge in [0.15, 0.2) is 6.04 Å². The highest BCUT2D eigenvalue weighted by molar-refractivity contribution is 5.88. The molecule has 30 heavy (non-hydrogen) atoms. The van der Waals surface area contributed by atoms with E-state index in [4.69, 9.17) is 4.74 Å². The largest absolute Gasteiger partial charge is 0.481 e. The van der Waals surface area contributed by atoms with Gasteiger partial charge in [-0.05, 0) is 24.3 Å². The molecule has 0 aromatic heterocycles. The third-order valence-electron chi connectivity index (χ3n) is 5.88. The summed E-state index contributed by atoms with van der Waals surface area (Å²) in [6, 6.07) is 14.4. The highest BCUT2D eigenvalue weighted by Crippen LogP contribution is 2.39. The van der Waals surface area contributed by atoms with Gasteiger partial charge in [-0.15, -0.1) is 0 Å². The molecule has 0 saturated heterocycles. The molecule has 2 aromatic carbocycles. The van der Waals surface area contributed by atoms with Crippen LogP contribution in [0.2, 0.25) is 0 Å². The van der Waals surface area contributed by atoms with Crippen molar-refractivity contribution in [2.45, 2.75) is 18.9 Å². The molecule has 0 radical (unpaired) electrons. The number of benzene rings is 2. The molecular weight excluding hydrogens is 382 g/mol. The van der Waals surface area contributed by atoms with Gasteiger partial charge in [0.25, 0.3) is 0 Å². The Kier molecular flexibility index (Phi) is 5.42. The molecule has 2 aliphatic rings. The van der Waals surface area contributed by atoms with Crippen LogP contribution in [0.25, 0.3) is 11.6 Å². The Morgan fingerprint density at radius 1 is 1.00 bits per heavy atom. The number of carboxylic acids is 2. The Hall–Kier alpha value is -3.38. The molecule has 2 aliphatic heterocycles. The summed E-state index contributed by atoms with van der Waals surface area (Å²) < 4.78 is 6.31. The zero-order valence-corrected chi connectivity index (χ0v) is 16.5. The maximum atomic E-state index is 12.1. The van der Waals surface area contributed by atoms with Gasteiger partial charge in [-0.25, -0.2) is 4.79 Å². The Bertz CT molecular complexity index is 1040. The first-order chi connectivity index (χ1) is 14.5. The fraction of sp³-hybridized carbons (Fsp3) is 0.250. The molecule has 0 aliphatic carbocycles. The lowest BCUT2D eigenvalue weighted by atomic mass is 9.97. The van der Waals surface area contributed by atoms with Gasteiger partial charge in [-0.1, -0.05) is 42.5 Å². The lowest BCUT2D eigenvalue weighted by Gasteiger charge is -2.44. The second kappa shape index (κ2) is 8.16. The Morgan fingerprint density at radius 3 is 2.43 bits per heavy atom. The van der Waals surface area contributed by atoms with E-state index in [1.54, 1.807) is 0 Å². The number of hydrogen-bond acceptors (Lipinski definition) is 3. The minimum Gasteiger partial charge on any atom is -0.481 e. The number of quaternary nitrogens is 1.